The van der Waals surface area contributed by atoms with Crippen LogP contribution in [0.5, 0.6) is 0 Å². The van der Waals surface area contributed by atoms with E-state index >= 15 is 0 Å². The van der Waals surface area contributed by atoms with Crippen LogP contribution < -0.4 is 4.90 Å². The summed E-state index contributed by atoms with van der Waals surface area (Å²) in [6, 6.07) is 8.30. The first-order valence-corrected chi connectivity index (χ1v) is 8.08. The van der Waals surface area contributed by atoms with Crippen molar-refractivity contribution < 1.29 is 18.7 Å². The number of rotatable bonds is 2. The summed E-state index contributed by atoms with van der Waals surface area (Å²) in [7, 11) is 0. The van der Waals surface area contributed by atoms with Crippen LogP contribution in [0.2, 0.25) is 0 Å². The molecule has 4 rings (SSSR count). The number of ether oxygens (including phenoxy) is 2. The van der Waals surface area contributed by atoms with Crippen LogP contribution in [-0.4, -0.2) is 55.2 Å². The highest BCUT2D eigenvalue weighted by molar-refractivity contribution is 5.92. The predicted molar refractivity (Wildman–Crippen MR) is 87.4 cm³/mol. The normalized spacial score (nSPS) is 18.5. The smallest absolute Gasteiger partial charge is 0.298 e. The number of piperazine rings is 1. The van der Waals surface area contributed by atoms with Crippen molar-refractivity contribution in [2.75, 3.05) is 44.3 Å². The first kappa shape index (κ1) is 14.9. The highest BCUT2D eigenvalue weighted by Gasteiger charge is 2.29. The van der Waals surface area contributed by atoms with Gasteiger partial charge in [0.2, 0.25) is 5.76 Å². The van der Waals surface area contributed by atoms with E-state index in [0.717, 1.165) is 11.1 Å². The van der Waals surface area contributed by atoms with E-state index in [2.05, 4.69) is 9.88 Å². The Bertz CT molecular complexity index is 757. The fourth-order valence-corrected chi connectivity index (χ4v) is 2.96. The largest absolute Gasteiger partial charge is 0.491 e. The molecule has 0 saturated carbocycles. The molecule has 24 heavy (non-hydrogen) atoms. The SMILES string of the molecule is CC1=C(C(=O)N2CCN(c3nc4ccccc4o3)CC2)OCCO1. The average Bonchev–Trinajstić information content (AvgIpc) is 3.06. The second-order valence-corrected chi connectivity index (χ2v) is 5.83. The summed E-state index contributed by atoms with van der Waals surface area (Å²) in [5.41, 5.74) is 1.62. The zero-order chi connectivity index (χ0) is 16.5. The highest BCUT2D eigenvalue weighted by atomic mass is 16.6. The van der Waals surface area contributed by atoms with E-state index in [0.29, 0.717) is 56.9 Å². The van der Waals surface area contributed by atoms with Crippen LogP contribution >= 0.6 is 0 Å². The minimum Gasteiger partial charge on any atom is -0.491 e. The molecule has 1 saturated heterocycles. The molecule has 2 aliphatic rings. The molecule has 1 aromatic carbocycles. The summed E-state index contributed by atoms with van der Waals surface area (Å²) >= 11 is 0. The molecule has 0 aliphatic carbocycles. The molecule has 7 heteroatoms. The number of benzene rings is 1. The average molecular weight is 329 g/mol. The first-order valence-electron chi connectivity index (χ1n) is 8.08. The highest BCUT2D eigenvalue weighted by Crippen LogP contribution is 2.23. The van der Waals surface area contributed by atoms with Crippen molar-refractivity contribution in [2.24, 2.45) is 0 Å². The second kappa shape index (κ2) is 6.07. The number of fused-ring (bicyclic) bond motifs is 1. The van der Waals surface area contributed by atoms with E-state index in [9.17, 15) is 4.79 Å². The molecule has 3 heterocycles. The van der Waals surface area contributed by atoms with Crippen molar-refractivity contribution in [1.29, 1.82) is 0 Å². The lowest BCUT2D eigenvalue weighted by molar-refractivity contribution is -0.133. The van der Waals surface area contributed by atoms with Gasteiger partial charge in [-0.25, -0.2) is 0 Å². The molecule has 1 aromatic heterocycles. The Hall–Kier alpha value is -2.70. The second-order valence-electron chi connectivity index (χ2n) is 5.83. The van der Waals surface area contributed by atoms with Gasteiger partial charge in [0, 0.05) is 26.2 Å². The summed E-state index contributed by atoms with van der Waals surface area (Å²) in [6.45, 7) is 5.21. The van der Waals surface area contributed by atoms with E-state index in [1.165, 1.54) is 0 Å². The van der Waals surface area contributed by atoms with Crippen LogP contribution in [0.3, 0.4) is 0 Å². The summed E-state index contributed by atoms with van der Waals surface area (Å²) in [4.78, 5) is 20.9. The lowest BCUT2D eigenvalue weighted by Gasteiger charge is -2.34. The number of carbonyl (C=O) groups excluding carboxylic acids is 1. The van der Waals surface area contributed by atoms with Gasteiger partial charge < -0.3 is 23.7 Å². The summed E-state index contributed by atoms with van der Waals surface area (Å²) in [5, 5.41) is 0. The quantitative estimate of drug-likeness (QED) is 0.836. The third-order valence-electron chi connectivity index (χ3n) is 4.28. The van der Waals surface area contributed by atoms with Crippen LogP contribution in [0.4, 0.5) is 6.01 Å². The van der Waals surface area contributed by atoms with E-state index in [-0.39, 0.29) is 5.91 Å². The van der Waals surface area contributed by atoms with Crippen molar-refractivity contribution in [2.45, 2.75) is 6.92 Å². The molecule has 0 bridgehead atoms. The molecule has 1 fully saturated rings. The molecule has 0 spiro atoms. The van der Waals surface area contributed by atoms with Crippen molar-refractivity contribution in [3.05, 3.63) is 35.8 Å². The van der Waals surface area contributed by atoms with Crippen molar-refractivity contribution in [3.8, 4) is 0 Å². The van der Waals surface area contributed by atoms with Gasteiger partial charge in [0.15, 0.2) is 5.58 Å². The fraction of sp³-hybridized carbons (Fsp3) is 0.412. The Labute approximate surface area is 139 Å². The van der Waals surface area contributed by atoms with Gasteiger partial charge in [0.25, 0.3) is 11.9 Å². The molecule has 0 atom stereocenters. The van der Waals surface area contributed by atoms with E-state index in [1.54, 1.807) is 11.8 Å². The van der Waals surface area contributed by atoms with Crippen molar-refractivity contribution in [3.63, 3.8) is 0 Å². The monoisotopic (exact) mass is 329 g/mol. The van der Waals surface area contributed by atoms with Gasteiger partial charge in [-0.3, -0.25) is 4.79 Å². The van der Waals surface area contributed by atoms with Gasteiger partial charge in [-0.1, -0.05) is 12.1 Å². The third kappa shape index (κ3) is 2.66. The fourth-order valence-electron chi connectivity index (χ4n) is 2.96. The van der Waals surface area contributed by atoms with Crippen molar-refractivity contribution >= 4 is 23.0 Å². The van der Waals surface area contributed by atoms with Gasteiger partial charge in [0.1, 0.15) is 24.5 Å². The third-order valence-corrected chi connectivity index (χ3v) is 4.28. The van der Waals surface area contributed by atoms with Gasteiger partial charge in [0.05, 0.1) is 0 Å². The molecule has 1 amide bonds. The lowest BCUT2D eigenvalue weighted by Crippen LogP contribution is -2.49. The van der Waals surface area contributed by atoms with Crippen LogP contribution in [0.25, 0.3) is 11.1 Å². The topological polar surface area (TPSA) is 68.0 Å². The number of carbonyl (C=O) groups is 1. The van der Waals surface area contributed by atoms with E-state index < -0.39 is 0 Å². The maximum Gasteiger partial charge on any atom is 0.298 e. The maximum atomic E-state index is 12.6. The summed E-state index contributed by atoms with van der Waals surface area (Å²) in [6.07, 6.45) is 0. The number of aromatic nitrogens is 1. The van der Waals surface area contributed by atoms with Gasteiger partial charge in [-0.2, -0.15) is 4.98 Å². The maximum absolute atomic E-state index is 12.6. The molecular weight excluding hydrogens is 310 g/mol. The Balaban J connectivity index is 1.44. The molecule has 2 aliphatic heterocycles. The van der Waals surface area contributed by atoms with Crippen LogP contribution in [0.1, 0.15) is 6.92 Å². The number of amides is 1. The zero-order valence-corrected chi connectivity index (χ0v) is 13.5. The summed E-state index contributed by atoms with van der Waals surface area (Å²) in [5.74, 6) is 0.786. The Morgan fingerprint density at radius 2 is 1.83 bits per heavy atom. The number of anilines is 1. The van der Waals surface area contributed by atoms with Crippen LogP contribution in [-0.2, 0) is 14.3 Å². The molecule has 126 valence electrons. The zero-order valence-electron chi connectivity index (χ0n) is 13.5. The summed E-state index contributed by atoms with van der Waals surface area (Å²) < 4.78 is 16.7. The van der Waals surface area contributed by atoms with Gasteiger partial charge in [-0.15, -0.1) is 0 Å². The first-order chi connectivity index (χ1) is 11.7. The minimum absolute atomic E-state index is 0.107. The number of hydrogen-bond acceptors (Lipinski definition) is 6. The molecule has 2 aromatic rings. The van der Waals surface area contributed by atoms with Crippen LogP contribution in [0.15, 0.2) is 40.2 Å². The van der Waals surface area contributed by atoms with E-state index in [4.69, 9.17) is 13.9 Å². The molecule has 7 nitrogen and oxygen atoms in total. The van der Waals surface area contributed by atoms with Gasteiger partial charge in [-0.05, 0) is 19.1 Å². The molecular formula is C17H19N3O4. The number of oxazole rings is 1. The molecule has 0 N–H and O–H groups in total. The Kier molecular flexibility index (Phi) is 3.76. The Morgan fingerprint density at radius 3 is 2.58 bits per heavy atom. The predicted octanol–water partition coefficient (Wildman–Crippen LogP) is 1.75. The van der Waals surface area contributed by atoms with E-state index in [1.807, 2.05) is 24.3 Å². The number of nitrogens with zero attached hydrogens (tertiary/aromatic N) is 3. The lowest BCUT2D eigenvalue weighted by atomic mass is 10.2. The molecule has 0 unspecified atom stereocenters. The van der Waals surface area contributed by atoms with Gasteiger partial charge >= 0.3 is 0 Å². The molecule has 0 radical (unpaired) electrons. The minimum atomic E-state index is -0.107. The Morgan fingerprint density at radius 1 is 1.08 bits per heavy atom. The standard InChI is InChI=1S/C17H19N3O4/c1-12-15(23-11-10-22-12)16(21)19-6-8-20(9-7-19)17-18-13-4-2-3-5-14(13)24-17/h2-5H,6-11H2,1H3. The number of allylic oxidation sites excluding steroid dienone is 1. The van der Waals surface area contributed by atoms with Crippen LogP contribution in [0, 0.1) is 0 Å². The van der Waals surface area contributed by atoms with Crippen molar-refractivity contribution in [1.82, 2.24) is 9.88 Å². The number of hydrogen-bond donors (Lipinski definition) is 0. The number of para-hydroxylation sites is 2.